The fourth-order valence-electron chi connectivity index (χ4n) is 5.30. The van der Waals surface area contributed by atoms with Gasteiger partial charge in [-0.15, -0.1) is 0 Å². The molecule has 0 spiro atoms. The first kappa shape index (κ1) is 18.0. The van der Waals surface area contributed by atoms with Gasteiger partial charge in [0.25, 0.3) is 5.91 Å². The summed E-state index contributed by atoms with van der Waals surface area (Å²) >= 11 is 0. The van der Waals surface area contributed by atoms with Crippen LogP contribution in [0.5, 0.6) is 11.8 Å². The van der Waals surface area contributed by atoms with Gasteiger partial charge in [-0.1, -0.05) is 18.2 Å². The molecule has 0 aliphatic heterocycles. The van der Waals surface area contributed by atoms with Crippen LogP contribution in [0.25, 0.3) is 16.6 Å². The molecule has 1 fully saturated rings. The summed E-state index contributed by atoms with van der Waals surface area (Å²) in [6, 6.07) is 16.3. The molecular weight excluding hydrogens is 390 g/mol. The average molecular weight is 411 g/mol. The Morgan fingerprint density at radius 2 is 1.61 bits per heavy atom. The number of benzene rings is 2. The largest absolute Gasteiger partial charge is 0.494 e. The number of aromatic nitrogens is 2. The molecule has 0 radical (unpaired) electrons. The Bertz CT molecular complexity index is 1300. The van der Waals surface area contributed by atoms with E-state index in [-0.39, 0.29) is 17.7 Å². The van der Waals surface area contributed by atoms with Crippen LogP contribution in [0.4, 0.5) is 5.69 Å². The van der Waals surface area contributed by atoms with Gasteiger partial charge in [-0.3, -0.25) is 14.3 Å². The topological polar surface area (TPSA) is 87.4 Å². The Hall–Kier alpha value is -3.80. The molecule has 4 aromatic rings. The number of hydrogen-bond acceptors (Lipinski definition) is 4. The van der Waals surface area contributed by atoms with Crippen molar-refractivity contribution in [3.63, 3.8) is 0 Å². The van der Waals surface area contributed by atoms with E-state index in [1.807, 2.05) is 30.3 Å². The Morgan fingerprint density at radius 1 is 0.935 bits per heavy atom. The van der Waals surface area contributed by atoms with Crippen LogP contribution in [0.15, 0.2) is 60.8 Å². The smallest absolute Gasteiger partial charge is 0.255 e. The minimum atomic E-state index is -0.244. The summed E-state index contributed by atoms with van der Waals surface area (Å²) in [5.74, 6) is 0.682. The van der Waals surface area contributed by atoms with E-state index in [1.54, 1.807) is 30.5 Å². The molecule has 2 atom stereocenters. The van der Waals surface area contributed by atoms with Crippen molar-refractivity contribution in [1.29, 1.82) is 0 Å². The Labute approximate surface area is 178 Å². The molecule has 6 nitrogen and oxygen atoms in total. The molecule has 154 valence electrons. The highest BCUT2D eigenvalue weighted by Crippen LogP contribution is 2.60. The number of fused-ring (bicyclic) bond motifs is 6. The minimum absolute atomic E-state index is 0.124. The van der Waals surface area contributed by atoms with Crippen LogP contribution < -0.4 is 5.32 Å². The van der Waals surface area contributed by atoms with Gasteiger partial charge in [0, 0.05) is 28.3 Å². The third-order valence-corrected chi connectivity index (χ3v) is 6.71. The molecule has 0 saturated heterocycles. The first-order valence-electron chi connectivity index (χ1n) is 10.5. The van der Waals surface area contributed by atoms with Crippen molar-refractivity contribution in [2.24, 2.45) is 0 Å². The second-order valence-electron chi connectivity index (χ2n) is 8.40. The van der Waals surface area contributed by atoms with Crippen LogP contribution in [0, 0.1) is 0 Å². The van der Waals surface area contributed by atoms with Gasteiger partial charge in [0.05, 0.1) is 16.9 Å². The number of carbonyl (C=O) groups excluding carboxylic acids is 1. The second-order valence-corrected chi connectivity index (χ2v) is 8.40. The van der Waals surface area contributed by atoms with Gasteiger partial charge in [0.1, 0.15) is 0 Å². The fraction of sp³-hybridized carbons (Fsp3) is 0.200. The van der Waals surface area contributed by atoms with Crippen LogP contribution in [0.2, 0.25) is 0 Å². The lowest BCUT2D eigenvalue weighted by Crippen LogP contribution is -2.12. The molecule has 2 aromatic heterocycles. The number of rotatable bonds is 3. The zero-order valence-corrected chi connectivity index (χ0v) is 16.7. The molecule has 2 aliphatic carbocycles. The van der Waals surface area contributed by atoms with E-state index >= 15 is 0 Å². The number of nitrogens with one attached hydrogen (secondary N) is 1. The SMILES string of the molecule is O=C(Nc1cccc2cccnc12)c1ccc(-n2c(O)c3c(c2O)[C@@H]2CCC3C2)cc1. The Morgan fingerprint density at radius 3 is 2.32 bits per heavy atom. The predicted octanol–water partition coefficient (Wildman–Crippen LogP) is 5.05. The van der Waals surface area contributed by atoms with E-state index in [1.165, 1.54) is 4.57 Å². The fourth-order valence-corrected chi connectivity index (χ4v) is 5.30. The second kappa shape index (κ2) is 6.60. The maximum absolute atomic E-state index is 12.8. The van der Waals surface area contributed by atoms with Gasteiger partial charge in [0.2, 0.25) is 11.8 Å². The monoisotopic (exact) mass is 411 g/mol. The van der Waals surface area contributed by atoms with E-state index in [9.17, 15) is 15.0 Å². The van der Waals surface area contributed by atoms with E-state index in [0.29, 0.717) is 28.8 Å². The molecule has 31 heavy (non-hydrogen) atoms. The van der Waals surface area contributed by atoms with Crippen molar-refractivity contribution >= 4 is 22.5 Å². The number of carbonyl (C=O) groups is 1. The molecular formula is C25H21N3O3. The highest BCUT2D eigenvalue weighted by Gasteiger charge is 2.44. The first-order valence-corrected chi connectivity index (χ1v) is 10.5. The summed E-state index contributed by atoms with van der Waals surface area (Å²) in [5.41, 5.74) is 4.31. The van der Waals surface area contributed by atoms with Gasteiger partial charge in [0.15, 0.2) is 0 Å². The number of para-hydroxylation sites is 1. The highest BCUT2D eigenvalue weighted by molar-refractivity contribution is 6.08. The number of pyridine rings is 1. The molecule has 2 bridgehead atoms. The van der Waals surface area contributed by atoms with E-state index in [2.05, 4.69) is 10.3 Å². The number of nitrogens with zero attached hydrogens (tertiary/aromatic N) is 2. The van der Waals surface area contributed by atoms with Crippen molar-refractivity contribution in [3.05, 3.63) is 77.5 Å². The van der Waals surface area contributed by atoms with Gasteiger partial charge < -0.3 is 15.5 Å². The van der Waals surface area contributed by atoms with E-state index in [4.69, 9.17) is 0 Å². The van der Waals surface area contributed by atoms with Crippen molar-refractivity contribution in [2.45, 2.75) is 31.1 Å². The lowest BCUT2D eigenvalue weighted by Gasteiger charge is -2.11. The normalized spacial score (nSPS) is 19.0. The summed E-state index contributed by atoms with van der Waals surface area (Å²) in [6.07, 6.45) is 4.86. The first-order chi connectivity index (χ1) is 15.1. The molecule has 6 rings (SSSR count). The van der Waals surface area contributed by atoms with Crippen LogP contribution in [-0.2, 0) is 0 Å². The third-order valence-electron chi connectivity index (χ3n) is 6.71. The van der Waals surface area contributed by atoms with Crippen LogP contribution in [0.3, 0.4) is 0 Å². The summed E-state index contributed by atoms with van der Waals surface area (Å²) in [4.78, 5) is 17.2. The van der Waals surface area contributed by atoms with Gasteiger partial charge in [-0.05, 0) is 67.5 Å². The van der Waals surface area contributed by atoms with Crippen molar-refractivity contribution < 1.29 is 15.0 Å². The number of anilines is 1. The average Bonchev–Trinajstić information content (AvgIpc) is 3.48. The van der Waals surface area contributed by atoms with Gasteiger partial charge in [-0.25, -0.2) is 0 Å². The molecule has 2 heterocycles. The lowest BCUT2D eigenvalue weighted by molar-refractivity contribution is 0.102. The maximum Gasteiger partial charge on any atom is 0.255 e. The molecule has 3 N–H and O–H groups in total. The van der Waals surface area contributed by atoms with Gasteiger partial charge in [-0.2, -0.15) is 0 Å². The molecule has 2 aromatic carbocycles. The lowest BCUT2D eigenvalue weighted by atomic mass is 9.95. The van der Waals surface area contributed by atoms with E-state index < -0.39 is 0 Å². The summed E-state index contributed by atoms with van der Waals surface area (Å²) < 4.78 is 1.49. The van der Waals surface area contributed by atoms with E-state index in [0.717, 1.165) is 41.3 Å². The van der Waals surface area contributed by atoms with Crippen LogP contribution in [0.1, 0.15) is 52.6 Å². The molecule has 1 unspecified atom stereocenters. The van der Waals surface area contributed by atoms with Crippen molar-refractivity contribution in [1.82, 2.24) is 9.55 Å². The highest BCUT2D eigenvalue weighted by atomic mass is 16.3. The predicted molar refractivity (Wildman–Crippen MR) is 118 cm³/mol. The maximum atomic E-state index is 12.8. The Kier molecular flexibility index (Phi) is 3.84. The van der Waals surface area contributed by atoms with Crippen LogP contribution >= 0.6 is 0 Å². The number of hydrogen-bond donors (Lipinski definition) is 3. The standard InChI is InChI=1S/C25H21N3O3/c29-23(27-19-5-1-3-14-4-2-12-26-22(14)19)15-8-10-18(11-9-15)28-24(30)20-16-6-7-17(13-16)21(20)25(28)31/h1-5,8-12,16-17,30-31H,6-7,13H2,(H,27,29)/t16-,17?/m1/s1. The summed E-state index contributed by atoms with van der Waals surface area (Å²) in [6.45, 7) is 0. The van der Waals surface area contributed by atoms with Crippen molar-refractivity contribution in [3.8, 4) is 17.4 Å². The van der Waals surface area contributed by atoms with Crippen molar-refractivity contribution in [2.75, 3.05) is 5.32 Å². The number of aromatic hydroxyl groups is 2. The number of amides is 1. The molecule has 6 heteroatoms. The summed E-state index contributed by atoms with van der Waals surface area (Å²) in [7, 11) is 0. The molecule has 1 amide bonds. The minimum Gasteiger partial charge on any atom is -0.494 e. The Balaban J connectivity index is 1.30. The quantitative estimate of drug-likeness (QED) is 0.440. The molecule has 1 saturated carbocycles. The zero-order chi connectivity index (χ0) is 21.1. The zero-order valence-electron chi connectivity index (χ0n) is 16.7. The third kappa shape index (κ3) is 2.64. The van der Waals surface area contributed by atoms with Crippen LogP contribution in [-0.4, -0.2) is 25.7 Å². The van der Waals surface area contributed by atoms with Gasteiger partial charge >= 0.3 is 0 Å². The summed E-state index contributed by atoms with van der Waals surface area (Å²) in [5, 5.41) is 25.5. The molecule has 2 aliphatic rings.